The van der Waals surface area contributed by atoms with Crippen LogP contribution in [0, 0.1) is 12.7 Å². The van der Waals surface area contributed by atoms with Gasteiger partial charge in [0, 0.05) is 25.7 Å². The number of ether oxygens (including phenoxy) is 1. The molecule has 0 bridgehead atoms. The third-order valence-electron chi connectivity index (χ3n) is 3.77. The number of carbonyl (C=O) groups excluding carboxylic acids is 1. The molecule has 0 saturated heterocycles. The number of carbonyl (C=O) groups is 1. The molecular formula is C18H27FN2O2. The molecule has 1 N–H and O–H groups in total. The monoisotopic (exact) mass is 322 g/mol. The van der Waals surface area contributed by atoms with E-state index < -0.39 is 5.60 Å². The molecule has 1 saturated carbocycles. The van der Waals surface area contributed by atoms with E-state index >= 15 is 0 Å². The molecule has 5 heteroatoms. The predicted octanol–water partition coefficient (Wildman–Crippen LogP) is 3.62. The highest BCUT2D eigenvalue weighted by molar-refractivity contribution is 5.69. The van der Waals surface area contributed by atoms with Gasteiger partial charge in [-0.1, -0.05) is 6.07 Å². The van der Waals surface area contributed by atoms with Crippen LogP contribution in [0.1, 0.15) is 44.7 Å². The number of rotatable bonds is 6. The summed E-state index contributed by atoms with van der Waals surface area (Å²) in [5, 5.41) is 3.28. The number of hydrogen-bond acceptors (Lipinski definition) is 3. The number of halogens is 1. The summed E-state index contributed by atoms with van der Waals surface area (Å²) in [4.78, 5) is 14.0. The van der Waals surface area contributed by atoms with Crippen molar-refractivity contribution in [3.63, 3.8) is 0 Å². The average Bonchev–Trinajstić information content (AvgIpc) is 3.24. The Hall–Kier alpha value is -1.62. The van der Waals surface area contributed by atoms with Gasteiger partial charge in [-0.15, -0.1) is 0 Å². The van der Waals surface area contributed by atoms with E-state index in [1.807, 2.05) is 27.7 Å². The second kappa shape index (κ2) is 7.30. The van der Waals surface area contributed by atoms with Gasteiger partial charge in [-0.05, 0) is 63.8 Å². The molecule has 0 heterocycles. The minimum Gasteiger partial charge on any atom is -0.444 e. The van der Waals surface area contributed by atoms with E-state index in [9.17, 15) is 9.18 Å². The second-order valence-electron chi connectivity index (χ2n) is 7.15. The highest BCUT2D eigenvalue weighted by Gasteiger charge is 2.34. The van der Waals surface area contributed by atoms with Crippen LogP contribution in [0.4, 0.5) is 9.18 Å². The fraction of sp³-hybridized carbons (Fsp3) is 0.611. The van der Waals surface area contributed by atoms with E-state index in [0.29, 0.717) is 25.7 Å². The molecule has 0 spiro atoms. The summed E-state index contributed by atoms with van der Waals surface area (Å²) >= 11 is 0. The molecule has 23 heavy (non-hydrogen) atoms. The Morgan fingerprint density at radius 3 is 2.70 bits per heavy atom. The Morgan fingerprint density at radius 2 is 2.09 bits per heavy atom. The molecule has 1 aromatic carbocycles. The fourth-order valence-corrected chi connectivity index (χ4v) is 2.38. The molecule has 0 unspecified atom stereocenters. The fourth-order valence-electron chi connectivity index (χ4n) is 2.38. The maximum Gasteiger partial charge on any atom is 0.410 e. The van der Waals surface area contributed by atoms with Crippen molar-refractivity contribution < 1.29 is 13.9 Å². The minimum absolute atomic E-state index is 0.222. The Morgan fingerprint density at radius 1 is 1.39 bits per heavy atom. The van der Waals surface area contributed by atoms with Crippen LogP contribution in [0.3, 0.4) is 0 Å². The maximum atomic E-state index is 13.3. The van der Waals surface area contributed by atoms with E-state index in [1.54, 1.807) is 17.0 Å². The molecule has 0 aromatic heterocycles. The van der Waals surface area contributed by atoms with Crippen LogP contribution < -0.4 is 5.32 Å². The third kappa shape index (κ3) is 5.82. The number of aryl methyl sites for hydroxylation is 1. The lowest BCUT2D eigenvalue weighted by molar-refractivity contribution is 0.0236. The SMILES string of the molecule is Cc1ccc(F)cc1CNCCN(C(=O)OC(C)(C)C)C1CC1. The van der Waals surface area contributed by atoms with Gasteiger partial charge in [-0.2, -0.15) is 0 Å². The summed E-state index contributed by atoms with van der Waals surface area (Å²) in [5.74, 6) is -0.222. The van der Waals surface area contributed by atoms with Crippen molar-refractivity contribution in [1.82, 2.24) is 10.2 Å². The van der Waals surface area contributed by atoms with Gasteiger partial charge < -0.3 is 15.0 Å². The molecule has 128 valence electrons. The van der Waals surface area contributed by atoms with E-state index in [-0.39, 0.29) is 11.9 Å². The number of hydrogen-bond donors (Lipinski definition) is 1. The van der Waals surface area contributed by atoms with Crippen LogP contribution >= 0.6 is 0 Å². The zero-order chi connectivity index (χ0) is 17.0. The predicted molar refractivity (Wildman–Crippen MR) is 88.8 cm³/mol. The molecule has 1 amide bonds. The summed E-state index contributed by atoms with van der Waals surface area (Å²) in [6.45, 7) is 9.45. The van der Waals surface area contributed by atoms with Crippen molar-refractivity contribution in [3.8, 4) is 0 Å². The first kappa shape index (κ1) is 17.7. The summed E-state index contributed by atoms with van der Waals surface area (Å²) in [7, 11) is 0. The van der Waals surface area contributed by atoms with Crippen molar-refractivity contribution in [2.75, 3.05) is 13.1 Å². The summed E-state index contributed by atoms with van der Waals surface area (Å²) in [5.41, 5.74) is 1.53. The standard InChI is InChI=1S/C18H27FN2O2/c1-13-5-6-15(19)11-14(13)12-20-9-10-21(16-7-8-16)17(22)23-18(2,3)4/h5-6,11,16,20H,7-10,12H2,1-4H3. The minimum atomic E-state index is -0.476. The van der Waals surface area contributed by atoms with Gasteiger partial charge in [0.15, 0.2) is 0 Å². The van der Waals surface area contributed by atoms with Gasteiger partial charge in [0.2, 0.25) is 0 Å². The first-order valence-corrected chi connectivity index (χ1v) is 8.21. The molecule has 2 rings (SSSR count). The van der Waals surface area contributed by atoms with Crippen molar-refractivity contribution in [3.05, 3.63) is 35.1 Å². The molecule has 1 aliphatic rings. The van der Waals surface area contributed by atoms with E-state index in [2.05, 4.69) is 5.32 Å². The van der Waals surface area contributed by atoms with Gasteiger partial charge in [0.1, 0.15) is 11.4 Å². The van der Waals surface area contributed by atoms with Crippen LogP contribution in [-0.2, 0) is 11.3 Å². The van der Waals surface area contributed by atoms with E-state index in [1.165, 1.54) is 6.07 Å². The maximum absolute atomic E-state index is 13.3. The lowest BCUT2D eigenvalue weighted by atomic mass is 10.1. The van der Waals surface area contributed by atoms with Crippen molar-refractivity contribution in [2.45, 2.75) is 58.7 Å². The Kier molecular flexibility index (Phi) is 5.63. The van der Waals surface area contributed by atoms with Gasteiger partial charge >= 0.3 is 6.09 Å². The van der Waals surface area contributed by atoms with Crippen molar-refractivity contribution in [1.29, 1.82) is 0 Å². The second-order valence-corrected chi connectivity index (χ2v) is 7.15. The van der Waals surface area contributed by atoms with Gasteiger partial charge in [-0.25, -0.2) is 9.18 Å². The summed E-state index contributed by atoms with van der Waals surface area (Å²) in [6.07, 6.45) is 1.84. The lowest BCUT2D eigenvalue weighted by Gasteiger charge is -2.27. The van der Waals surface area contributed by atoms with Crippen molar-refractivity contribution in [2.24, 2.45) is 0 Å². The highest BCUT2D eigenvalue weighted by atomic mass is 19.1. The van der Waals surface area contributed by atoms with Gasteiger partial charge in [0.05, 0.1) is 0 Å². The molecular weight excluding hydrogens is 295 g/mol. The quantitative estimate of drug-likeness (QED) is 0.813. The smallest absolute Gasteiger partial charge is 0.410 e. The molecule has 1 aromatic rings. The van der Waals surface area contributed by atoms with E-state index in [0.717, 1.165) is 24.0 Å². The van der Waals surface area contributed by atoms with E-state index in [4.69, 9.17) is 4.74 Å². The largest absolute Gasteiger partial charge is 0.444 e. The van der Waals surface area contributed by atoms with Crippen LogP contribution in [0.2, 0.25) is 0 Å². The Bertz CT molecular complexity index is 550. The third-order valence-corrected chi connectivity index (χ3v) is 3.77. The molecule has 1 aliphatic carbocycles. The summed E-state index contributed by atoms with van der Waals surface area (Å²) in [6, 6.07) is 5.11. The molecule has 0 atom stereocenters. The number of amides is 1. The first-order valence-electron chi connectivity index (χ1n) is 8.21. The highest BCUT2D eigenvalue weighted by Crippen LogP contribution is 2.28. The van der Waals surface area contributed by atoms with Gasteiger partial charge in [-0.3, -0.25) is 0 Å². The molecule has 1 fully saturated rings. The Balaban J connectivity index is 1.81. The van der Waals surface area contributed by atoms with Crippen LogP contribution in [0.5, 0.6) is 0 Å². The first-order chi connectivity index (χ1) is 10.8. The topological polar surface area (TPSA) is 41.6 Å². The molecule has 4 nitrogen and oxygen atoms in total. The van der Waals surface area contributed by atoms with Crippen molar-refractivity contribution >= 4 is 6.09 Å². The average molecular weight is 322 g/mol. The van der Waals surface area contributed by atoms with Crippen LogP contribution in [0.25, 0.3) is 0 Å². The number of nitrogens with zero attached hydrogens (tertiary/aromatic N) is 1. The number of nitrogens with one attached hydrogen (secondary N) is 1. The zero-order valence-corrected chi connectivity index (χ0v) is 14.5. The number of benzene rings is 1. The Labute approximate surface area is 138 Å². The lowest BCUT2D eigenvalue weighted by Crippen LogP contribution is -2.41. The summed E-state index contributed by atoms with van der Waals surface area (Å²) < 4.78 is 18.7. The normalized spacial score (nSPS) is 14.7. The van der Waals surface area contributed by atoms with Gasteiger partial charge in [0.25, 0.3) is 0 Å². The zero-order valence-electron chi connectivity index (χ0n) is 14.5. The molecule has 0 radical (unpaired) electrons. The molecule has 0 aliphatic heterocycles. The van der Waals surface area contributed by atoms with Crippen LogP contribution in [-0.4, -0.2) is 35.7 Å². The van der Waals surface area contributed by atoms with Crippen LogP contribution in [0.15, 0.2) is 18.2 Å².